The SMILES string of the molecule is Cc1cc(C(F)(F)F)nc(CCNC(=O)C[C@@H]2CCc3ccccc32)n1. The summed E-state index contributed by atoms with van der Waals surface area (Å²) in [5, 5.41) is 2.77. The fourth-order valence-electron chi connectivity index (χ4n) is 3.35. The molecule has 0 saturated carbocycles. The Kier molecular flexibility index (Phi) is 5.25. The zero-order valence-corrected chi connectivity index (χ0v) is 14.4. The lowest BCUT2D eigenvalue weighted by Crippen LogP contribution is -2.27. The van der Waals surface area contributed by atoms with E-state index in [4.69, 9.17) is 0 Å². The number of benzene rings is 1. The Bertz CT molecular complexity index is 805. The van der Waals surface area contributed by atoms with E-state index in [1.54, 1.807) is 0 Å². The number of aryl methyl sites for hydroxylation is 2. The molecule has 0 aliphatic heterocycles. The monoisotopic (exact) mass is 363 g/mol. The number of aromatic nitrogens is 2. The van der Waals surface area contributed by atoms with Crippen molar-refractivity contribution in [1.82, 2.24) is 15.3 Å². The van der Waals surface area contributed by atoms with Crippen molar-refractivity contribution in [3.8, 4) is 0 Å². The molecular weight excluding hydrogens is 343 g/mol. The van der Waals surface area contributed by atoms with Crippen LogP contribution in [0.3, 0.4) is 0 Å². The van der Waals surface area contributed by atoms with Gasteiger partial charge in [-0.15, -0.1) is 0 Å². The molecule has 0 unspecified atom stereocenters. The summed E-state index contributed by atoms with van der Waals surface area (Å²) in [6.07, 6.45) is -2.02. The summed E-state index contributed by atoms with van der Waals surface area (Å²) in [7, 11) is 0. The molecular formula is C19H20F3N3O. The summed E-state index contributed by atoms with van der Waals surface area (Å²) >= 11 is 0. The van der Waals surface area contributed by atoms with Gasteiger partial charge in [-0.05, 0) is 42.9 Å². The molecule has 1 atom stereocenters. The summed E-state index contributed by atoms with van der Waals surface area (Å²) < 4.78 is 38.4. The van der Waals surface area contributed by atoms with Crippen LogP contribution in [0.1, 0.15) is 47.1 Å². The highest BCUT2D eigenvalue weighted by Crippen LogP contribution is 2.35. The topological polar surface area (TPSA) is 54.9 Å². The van der Waals surface area contributed by atoms with Crippen LogP contribution in [0.25, 0.3) is 0 Å². The highest BCUT2D eigenvalue weighted by Gasteiger charge is 2.33. The van der Waals surface area contributed by atoms with Crippen LogP contribution < -0.4 is 5.32 Å². The maximum absolute atomic E-state index is 12.8. The molecule has 7 heteroatoms. The average Bonchev–Trinajstić information content (AvgIpc) is 2.97. The lowest BCUT2D eigenvalue weighted by molar-refractivity contribution is -0.141. The molecule has 2 aromatic rings. The molecule has 1 aromatic heterocycles. The van der Waals surface area contributed by atoms with Crippen molar-refractivity contribution in [2.75, 3.05) is 6.54 Å². The van der Waals surface area contributed by atoms with E-state index in [1.165, 1.54) is 18.1 Å². The number of fused-ring (bicyclic) bond motifs is 1. The number of rotatable bonds is 5. The highest BCUT2D eigenvalue weighted by atomic mass is 19.4. The number of alkyl halides is 3. The molecule has 1 heterocycles. The second-order valence-corrected chi connectivity index (χ2v) is 6.55. The van der Waals surface area contributed by atoms with Crippen LogP contribution >= 0.6 is 0 Å². The first kappa shape index (κ1) is 18.4. The van der Waals surface area contributed by atoms with Gasteiger partial charge in [-0.2, -0.15) is 13.2 Å². The zero-order valence-electron chi connectivity index (χ0n) is 14.4. The fraction of sp³-hybridized carbons (Fsp3) is 0.421. The minimum atomic E-state index is -4.50. The van der Waals surface area contributed by atoms with Crippen LogP contribution in [0.4, 0.5) is 13.2 Å². The van der Waals surface area contributed by atoms with Crippen molar-refractivity contribution in [1.29, 1.82) is 0 Å². The van der Waals surface area contributed by atoms with Crippen LogP contribution in [0.2, 0.25) is 0 Å². The van der Waals surface area contributed by atoms with Crippen LogP contribution in [0.15, 0.2) is 30.3 Å². The first-order valence-corrected chi connectivity index (χ1v) is 8.59. The van der Waals surface area contributed by atoms with E-state index in [0.717, 1.165) is 18.9 Å². The standard InChI is InChI=1S/C19H20F3N3O/c1-12-10-16(19(20,21)22)25-17(24-12)8-9-23-18(26)11-14-7-6-13-4-2-3-5-15(13)14/h2-5,10,14H,6-9,11H2,1H3,(H,23,26)/t14-/m0/s1. The van der Waals surface area contributed by atoms with Gasteiger partial charge >= 0.3 is 6.18 Å². The average molecular weight is 363 g/mol. The molecule has 0 radical (unpaired) electrons. The summed E-state index contributed by atoms with van der Waals surface area (Å²) in [4.78, 5) is 19.7. The highest BCUT2D eigenvalue weighted by molar-refractivity contribution is 5.77. The third-order valence-corrected chi connectivity index (χ3v) is 4.55. The number of nitrogens with one attached hydrogen (secondary N) is 1. The van der Waals surface area contributed by atoms with Gasteiger partial charge in [0.15, 0.2) is 0 Å². The fourth-order valence-corrected chi connectivity index (χ4v) is 3.35. The van der Waals surface area contributed by atoms with Crippen molar-refractivity contribution < 1.29 is 18.0 Å². The molecule has 1 amide bonds. The summed E-state index contributed by atoms with van der Waals surface area (Å²) in [6, 6.07) is 9.03. The Morgan fingerprint density at radius 3 is 2.81 bits per heavy atom. The maximum atomic E-state index is 12.8. The third kappa shape index (κ3) is 4.39. The van der Waals surface area contributed by atoms with Gasteiger partial charge in [0.05, 0.1) is 0 Å². The second kappa shape index (κ2) is 7.43. The quantitative estimate of drug-likeness (QED) is 0.883. The molecule has 0 spiro atoms. The minimum absolute atomic E-state index is 0.0869. The zero-order chi connectivity index (χ0) is 18.7. The molecule has 0 fully saturated rings. The van der Waals surface area contributed by atoms with Gasteiger partial charge in [0.1, 0.15) is 11.5 Å². The molecule has 138 valence electrons. The van der Waals surface area contributed by atoms with Crippen molar-refractivity contribution >= 4 is 5.91 Å². The molecule has 0 saturated heterocycles. The van der Waals surface area contributed by atoms with E-state index >= 15 is 0 Å². The van der Waals surface area contributed by atoms with Gasteiger partial charge in [0.25, 0.3) is 0 Å². The van der Waals surface area contributed by atoms with E-state index in [-0.39, 0.29) is 36.3 Å². The minimum Gasteiger partial charge on any atom is -0.356 e. The van der Waals surface area contributed by atoms with E-state index in [2.05, 4.69) is 27.4 Å². The number of hydrogen-bond donors (Lipinski definition) is 1. The number of carbonyl (C=O) groups excluding carboxylic acids is 1. The van der Waals surface area contributed by atoms with Gasteiger partial charge in [-0.25, -0.2) is 9.97 Å². The number of amides is 1. The molecule has 3 rings (SSSR count). The van der Waals surface area contributed by atoms with Crippen molar-refractivity contribution in [2.45, 2.75) is 44.7 Å². The second-order valence-electron chi connectivity index (χ2n) is 6.55. The van der Waals surface area contributed by atoms with E-state index in [9.17, 15) is 18.0 Å². The van der Waals surface area contributed by atoms with Gasteiger partial charge in [-0.3, -0.25) is 4.79 Å². The van der Waals surface area contributed by atoms with Gasteiger partial charge in [0.2, 0.25) is 5.91 Å². The lowest BCUT2D eigenvalue weighted by atomic mass is 9.97. The third-order valence-electron chi connectivity index (χ3n) is 4.55. The van der Waals surface area contributed by atoms with Gasteiger partial charge in [-0.1, -0.05) is 24.3 Å². The Morgan fingerprint density at radius 1 is 1.27 bits per heavy atom. The number of carbonyl (C=O) groups is 1. The van der Waals surface area contributed by atoms with Crippen molar-refractivity contribution in [3.63, 3.8) is 0 Å². The van der Waals surface area contributed by atoms with Crippen LogP contribution in [0, 0.1) is 6.92 Å². The number of hydrogen-bond acceptors (Lipinski definition) is 3. The molecule has 26 heavy (non-hydrogen) atoms. The van der Waals surface area contributed by atoms with Crippen LogP contribution in [-0.2, 0) is 23.8 Å². The van der Waals surface area contributed by atoms with E-state index < -0.39 is 11.9 Å². The number of nitrogens with zero attached hydrogens (tertiary/aromatic N) is 2. The Balaban J connectivity index is 1.53. The maximum Gasteiger partial charge on any atom is 0.433 e. The normalized spacial score (nSPS) is 16.4. The predicted octanol–water partition coefficient (Wildman–Crippen LogP) is 3.58. The van der Waals surface area contributed by atoms with Gasteiger partial charge < -0.3 is 5.32 Å². The lowest BCUT2D eigenvalue weighted by Gasteiger charge is -2.12. The Hall–Kier alpha value is -2.44. The summed E-state index contributed by atoms with van der Waals surface area (Å²) in [5.41, 5.74) is 1.82. The first-order chi connectivity index (χ1) is 12.3. The molecule has 1 aromatic carbocycles. The predicted molar refractivity (Wildman–Crippen MR) is 90.6 cm³/mol. The van der Waals surface area contributed by atoms with Crippen molar-refractivity contribution in [3.05, 3.63) is 58.7 Å². The summed E-state index contributed by atoms with van der Waals surface area (Å²) in [5.74, 6) is 0.192. The van der Waals surface area contributed by atoms with Crippen LogP contribution in [-0.4, -0.2) is 22.4 Å². The van der Waals surface area contributed by atoms with E-state index in [0.29, 0.717) is 6.42 Å². The van der Waals surface area contributed by atoms with E-state index in [1.807, 2.05) is 12.1 Å². The molecule has 0 bridgehead atoms. The Morgan fingerprint density at radius 2 is 2.04 bits per heavy atom. The van der Waals surface area contributed by atoms with Crippen LogP contribution in [0.5, 0.6) is 0 Å². The Labute approximate surface area is 149 Å². The first-order valence-electron chi connectivity index (χ1n) is 8.59. The molecule has 4 nitrogen and oxygen atoms in total. The summed E-state index contributed by atoms with van der Waals surface area (Å²) in [6.45, 7) is 1.71. The van der Waals surface area contributed by atoms with Gasteiger partial charge in [0, 0.05) is 25.1 Å². The number of halogens is 3. The smallest absolute Gasteiger partial charge is 0.356 e. The molecule has 1 aliphatic rings. The largest absolute Gasteiger partial charge is 0.433 e. The van der Waals surface area contributed by atoms with Crippen molar-refractivity contribution in [2.24, 2.45) is 0 Å². The molecule has 1 aliphatic carbocycles. The molecule has 1 N–H and O–H groups in total.